The maximum atomic E-state index is 12.1. The Morgan fingerprint density at radius 1 is 1.25 bits per heavy atom. The molecule has 0 saturated heterocycles. The van der Waals surface area contributed by atoms with Gasteiger partial charge in [0, 0.05) is 30.5 Å². The van der Waals surface area contributed by atoms with Gasteiger partial charge in [-0.05, 0) is 24.6 Å². The molecule has 3 N–H and O–H groups in total. The zero-order valence-corrected chi connectivity index (χ0v) is 18.0. The van der Waals surface area contributed by atoms with E-state index in [1.165, 1.54) is 12.1 Å². The number of hydrogen-bond donors (Lipinski definition) is 3. The van der Waals surface area contributed by atoms with Crippen LogP contribution in [0.1, 0.15) is 6.42 Å². The van der Waals surface area contributed by atoms with Crippen LogP contribution in [0.5, 0.6) is 5.75 Å². The first-order chi connectivity index (χ1) is 15.4. The van der Waals surface area contributed by atoms with E-state index in [1.54, 1.807) is 18.6 Å². The highest BCUT2D eigenvalue weighted by molar-refractivity contribution is 6.35. The number of halogens is 2. The van der Waals surface area contributed by atoms with Crippen molar-refractivity contribution < 1.29 is 14.5 Å². The van der Waals surface area contributed by atoms with Crippen LogP contribution in [0, 0.1) is 10.1 Å². The number of aromatic nitrogens is 4. The Labute approximate surface area is 192 Å². The predicted molar refractivity (Wildman–Crippen MR) is 118 cm³/mol. The highest BCUT2D eigenvalue weighted by Crippen LogP contribution is 2.29. The molecule has 1 aromatic carbocycles. The summed E-state index contributed by atoms with van der Waals surface area (Å²) in [6.07, 6.45) is 7.00. The number of benzene rings is 1. The second kappa shape index (κ2) is 11.1. The van der Waals surface area contributed by atoms with E-state index in [-0.39, 0.29) is 22.4 Å². The second-order valence-electron chi connectivity index (χ2n) is 6.29. The van der Waals surface area contributed by atoms with Crippen LogP contribution in [0.25, 0.3) is 0 Å². The van der Waals surface area contributed by atoms with Crippen LogP contribution < -0.4 is 20.9 Å². The van der Waals surface area contributed by atoms with E-state index < -0.39 is 23.1 Å². The fourth-order valence-electron chi connectivity index (χ4n) is 2.56. The lowest BCUT2D eigenvalue weighted by molar-refractivity contribution is -0.383. The number of hydrazine groups is 1. The smallest absolute Gasteiger partial charge is 0.354 e. The third-order valence-corrected chi connectivity index (χ3v) is 4.55. The standard InChI is InChI=1S/C18H18Cl2N8O4/c19-12-2-3-14(13(20)8-12)32-9-15(29)25-26-18-16(28(30)31)17(23-10-24-18)22-4-1-6-27-7-5-21-11-27/h2-3,5,7-8,10-11H,1,4,6,9H2,(H,25,29)(H2,22,23,24,26). The average molecular weight is 481 g/mol. The molecule has 0 atom stereocenters. The van der Waals surface area contributed by atoms with Crippen molar-refractivity contribution in [3.05, 3.63) is 63.4 Å². The zero-order chi connectivity index (χ0) is 22.9. The highest BCUT2D eigenvalue weighted by atomic mass is 35.5. The molecule has 3 aromatic rings. The number of rotatable bonds is 11. The van der Waals surface area contributed by atoms with Gasteiger partial charge in [-0.2, -0.15) is 0 Å². The van der Waals surface area contributed by atoms with Crippen LogP contribution >= 0.6 is 23.2 Å². The van der Waals surface area contributed by atoms with Gasteiger partial charge in [0.15, 0.2) is 6.61 Å². The molecular formula is C18H18Cl2N8O4. The summed E-state index contributed by atoms with van der Waals surface area (Å²) < 4.78 is 7.20. The first-order valence-corrected chi connectivity index (χ1v) is 10.0. The van der Waals surface area contributed by atoms with Crippen LogP contribution in [0.15, 0.2) is 43.2 Å². The van der Waals surface area contributed by atoms with E-state index in [4.69, 9.17) is 27.9 Å². The minimum absolute atomic E-state index is 0.0246. The zero-order valence-electron chi connectivity index (χ0n) is 16.5. The summed E-state index contributed by atoms with van der Waals surface area (Å²) in [5, 5.41) is 15.1. The molecule has 1 amide bonds. The van der Waals surface area contributed by atoms with Crippen LogP contribution in [-0.4, -0.2) is 43.5 Å². The lowest BCUT2D eigenvalue weighted by Gasteiger charge is -2.12. The third-order valence-electron chi connectivity index (χ3n) is 4.02. The number of nitro groups is 1. The van der Waals surface area contributed by atoms with E-state index in [1.807, 2.05) is 10.8 Å². The van der Waals surface area contributed by atoms with Gasteiger partial charge in [-0.15, -0.1) is 0 Å². The van der Waals surface area contributed by atoms with E-state index in [2.05, 4.69) is 31.1 Å². The first-order valence-electron chi connectivity index (χ1n) is 9.25. The largest absolute Gasteiger partial charge is 0.482 e. The molecule has 12 nitrogen and oxygen atoms in total. The van der Waals surface area contributed by atoms with Crippen LogP contribution in [-0.2, 0) is 11.3 Å². The third kappa shape index (κ3) is 6.43. The molecule has 32 heavy (non-hydrogen) atoms. The Kier molecular flexibility index (Phi) is 8.00. The van der Waals surface area contributed by atoms with Gasteiger partial charge < -0.3 is 14.6 Å². The molecule has 168 valence electrons. The van der Waals surface area contributed by atoms with Crippen molar-refractivity contribution in [2.75, 3.05) is 23.9 Å². The van der Waals surface area contributed by atoms with Gasteiger partial charge in [-0.1, -0.05) is 23.2 Å². The van der Waals surface area contributed by atoms with E-state index in [9.17, 15) is 14.9 Å². The monoisotopic (exact) mass is 480 g/mol. The fourth-order valence-corrected chi connectivity index (χ4v) is 3.02. The number of imidazole rings is 1. The molecule has 0 unspecified atom stereocenters. The molecule has 0 aliphatic rings. The van der Waals surface area contributed by atoms with Crippen molar-refractivity contribution in [3.63, 3.8) is 0 Å². The topological polar surface area (TPSA) is 149 Å². The summed E-state index contributed by atoms with van der Waals surface area (Å²) in [5.41, 5.74) is 4.32. The summed E-state index contributed by atoms with van der Waals surface area (Å²) in [6.45, 7) is 0.717. The number of nitrogens with zero attached hydrogens (tertiary/aromatic N) is 5. The summed E-state index contributed by atoms with van der Waals surface area (Å²) in [4.78, 5) is 34.7. The molecular weight excluding hydrogens is 463 g/mol. The lowest BCUT2D eigenvalue weighted by atomic mass is 10.3. The average Bonchev–Trinajstić information content (AvgIpc) is 3.28. The number of anilines is 2. The van der Waals surface area contributed by atoms with Crippen molar-refractivity contribution in [1.29, 1.82) is 0 Å². The van der Waals surface area contributed by atoms with Gasteiger partial charge >= 0.3 is 5.69 Å². The predicted octanol–water partition coefficient (Wildman–Crippen LogP) is 2.91. The maximum Gasteiger partial charge on any atom is 0.354 e. The Hall–Kier alpha value is -3.64. The molecule has 2 aromatic heterocycles. The molecule has 14 heteroatoms. The van der Waals surface area contributed by atoms with Crippen molar-refractivity contribution in [2.24, 2.45) is 0 Å². The van der Waals surface area contributed by atoms with Gasteiger partial charge in [0.2, 0.25) is 11.6 Å². The van der Waals surface area contributed by atoms with Crippen molar-refractivity contribution in [3.8, 4) is 5.75 Å². The summed E-state index contributed by atoms with van der Waals surface area (Å²) >= 11 is 11.8. The minimum Gasteiger partial charge on any atom is -0.482 e. The molecule has 0 bridgehead atoms. The number of hydrogen-bond acceptors (Lipinski definition) is 9. The van der Waals surface area contributed by atoms with Gasteiger partial charge in [0.1, 0.15) is 12.1 Å². The molecule has 3 rings (SSSR count). The Bertz CT molecular complexity index is 1080. The molecule has 0 aliphatic carbocycles. The second-order valence-corrected chi connectivity index (χ2v) is 7.14. The van der Waals surface area contributed by atoms with Gasteiger partial charge in [-0.3, -0.25) is 25.8 Å². The molecule has 0 aliphatic heterocycles. The number of aryl methyl sites for hydroxylation is 1. The van der Waals surface area contributed by atoms with Gasteiger partial charge in [0.05, 0.1) is 16.3 Å². The van der Waals surface area contributed by atoms with E-state index in [0.29, 0.717) is 24.5 Å². The molecule has 2 heterocycles. The molecule has 0 spiro atoms. The summed E-state index contributed by atoms with van der Waals surface area (Å²) in [6, 6.07) is 4.56. The Morgan fingerprint density at radius 3 is 2.78 bits per heavy atom. The highest BCUT2D eigenvalue weighted by Gasteiger charge is 2.23. The number of nitrogens with one attached hydrogen (secondary N) is 3. The maximum absolute atomic E-state index is 12.1. The van der Waals surface area contributed by atoms with Crippen molar-refractivity contribution in [2.45, 2.75) is 13.0 Å². The molecule has 0 radical (unpaired) electrons. The van der Waals surface area contributed by atoms with Crippen LogP contribution in [0.4, 0.5) is 17.3 Å². The quantitative estimate of drug-likeness (QED) is 0.213. The molecule has 0 fully saturated rings. The number of amides is 1. The SMILES string of the molecule is O=C(COc1ccc(Cl)cc1Cl)NNc1ncnc(NCCCn2ccnc2)c1[N+](=O)[O-]. The van der Waals surface area contributed by atoms with Gasteiger partial charge in [0.25, 0.3) is 5.91 Å². The normalized spacial score (nSPS) is 10.4. The van der Waals surface area contributed by atoms with E-state index >= 15 is 0 Å². The first kappa shape index (κ1) is 23.0. The fraction of sp³-hybridized carbons (Fsp3) is 0.222. The summed E-state index contributed by atoms with van der Waals surface area (Å²) in [7, 11) is 0. The number of carbonyl (C=O) groups excluding carboxylic acids is 1. The number of ether oxygens (including phenoxy) is 1. The van der Waals surface area contributed by atoms with Gasteiger partial charge in [-0.25, -0.2) is 15.0 Å². The minimum atomic E-state index is -0.642. The van der Waals surface area contributed by atoms with E-state index in [0.717, 1.165) is 6.33 Å². The van der Waals surface area contributed by atoms with Crippen LogP contribution in [0.2, 0.25) is 10.0 Å². The lowest BCUT2D eigenvalue weighted by Crippen LogP contribution is -2.34. The Balaban J connectivity index is 1.54. The Morgan fingerprint density at radius 2 is 2.06 bits per heavy atom. The molecule has 0 saturated carbocycles. The van der Waals surface area contributed by atoms with Crippen LogP contribution in [0.3, 0.4) is 0 Å². The van der Waals surface area contributed by atoms with Crippen molar-refractivity contribution in [1.82, 2.24) is 24.9 Å². The van der Waals surface area contributed by atoms with Crippen molar-refractivity contribution >= 4 is 46.4 Å². The summed E-state index contributed by atoms with van der Waals surface area (Å²) in [5.74, 6) is -0.503. The number of carbonyl (C=O) groups is 1.